The normalized spacial score (nSPS) is 12.3. The first-order valence-electron chi connectivity index (χ1n) is 5.77. The van der Waals surface area contributed by atoms with E-state index in [9.17, 15) is 4.79 Å². The SMILES string of the molecule is CCn1ncc(N)c1C(=O)NC(C)c1ccsc1. The van der Waals surface area contributed by atoms with Gasteiger partial charge in [-0.1, -0.05) is 0 Å². The Kier molecular flexibility index (Phi) is 3.66. The van der Waals surface area contributed by atoms with E-state index in [1.54, 1.807) is 16.0 Å². The van der Waals surface area contributed by atoms with Gasteiger partial charge in [-0.3, -0.25) is 9.48 Å². The average molecular weight is 264 g/mol. The molecule has 0 fully saturated rings. The largest absolute Gasteiger partial charge is 0.396 e. The third-order valence-corrected chi connectivity index (χ3v) is 3.47. The lowest BCUT2D eigenvalue weighted by Gasteiger charge is -2.13. The number of aromatic nitrogens is 2. The number of thiophene rings is 1. The van der Waals surface area contributed by atoms with Crippen LogP contribution in [-0.4, -0.2) is 15.7 Å². The van der Waals surface area contributed by atoms with Gasteiger partial charge in [0, 0.05) is 6.54 Å². The van der Waals surface area contributed by atoms with Gasteiger partial charge in [0.05, 0.1) is 17.9 Å². The summed E-state index contributed by atoms with van der Waals surface area (Å²) in [5.74, 6) is -0.189. The van der Waals surface area contributed by atoms with Crippen molar-refractivity contribution in [2.45, 2.75) is 26.4 Å². The molecule has 0 bridgehead atoms. The van der Waals surface area contributed by atoms with Crippen LogP contribution in [0, 0.1) is 0 Å². The molecule has 1 atom stereocenters. The predicted octanol–water partition coefficient (Wildman–Crippen LogP) is 2.04. The third kappa shape index (κ3) is 2.38. The molecule has 1 unspecified atom stereocenters. The van der Waals surface area contributed by atoms with E-state index >= 15 is 0 Å². The lowest BCUT2D eigenvalue weighted by Crippen LogP contribution is -2.29. The Morgan fingerprint density at radius 2 is 2.44 bits per heavy atom. The highest BCUT2D eigenvalue weighted by atomic mass is 32.1. The molecule has 2 aromatic heterocycles. The fourth-order valence-electron chi connectivity index (χ4n) is 1.76. The summed E-state index contributed by atoms with van der Waals surface area (Å²) in [5, 5.41) is 11.0. The summed E-state index contributed by atoms with van der Waals surface area (Å²) in [7, 11) is 0. The molecule has 0 saturated heterocycles. The maximum atomic E-state index is 12.2. The minimum atomic E-state index is -0.189. The number of nitrogens with zero attached hydrogens (tertiary/aromatic N) is 2. The molecule has 0 radical (unpaired) electrons. The van der Waals surface area contributed by atoms with Crippen molar-refractivity contribution >= 4 is 22.9 Å². The van der Waals surface area contributed by atoms with Gasteiger partial charge >= 0.3 is 0 Å². The van der Waals surface area contributed by atoms with Crippen LogP contribution in [0.25, 0.3) is 0 Å². The van der Waals surface area contributed by atoms with Crippen molar-refractivity contribution in [2.24, 2.45) is 0 Å². The summed E-state index contributed by atoms with van der Waals surface area (Å²) < 4.78 is 1.60. The number of rotatable bonds is 4. The van der Waals surface area contributed by atoms with Gasteiger partial charge in [-0.2, -0.15) is 16.4 Å². The minimum Gasteiger partial charge on any atom is -0.396 e. The Hall–Kier alpha value is -1.82. The van der Waals surface area contributed by atoms with Crippen molar-refractivity contribution in [2.75, 3.05) is 5.73 Å². The van der Waals surface area contributed by atoms with Gasteiger partial charge in [-0.05, 0) is 36.2 Å². The molecule has 0 aliphatic heterocycles. The molecule has 96 valence electrons. The molecule has 0 spiro atoms. The molecule has 2 heterocycles. The van der Waals surface area contributed by atoms with E-state index in [0.717, 1.165) is 5.56 Å². The minimum absolute atomic E-state index is 0.0386. The van der Waals surface area contributed by atoms with Gasteiger partial charge in [0.15, 0.2) is 0 Å². The summed E-state index contributed by atoms with van der Waals surface area (Å²) in [6.45, 7) is 4.49. The summed E-state index contributed by atoms with van der Waals surface area (Å²) >= 11 is 1.61. The maximum absolute atomic E-state index is 12.2. The van der Waals surface area contributed by atoms with Crippen LogP contribution in [0.3, 0.4) is 0 Å². The van der Waals surface area contributed by atoms with E-state index in [-0.39, 0.29) is 11.9 Å². The van der Waals surface area contributed by atoms with Crippen LogP contribution < -0.4 is 11.1 Å². The van der Waals surface area contributed by atoms with Crippen molar-refractivity contribution in [3.05, 3.63) is 34.3 Å². The molecule has 0 aromatic carbocycles. The molecular weight excluding hydrogens is 248 g/mol. The zero-order valence-corrected chi connectivity index (χ0v) is 11.2. The first-order valence-corrected chi connectivity index (χ1v) is 6.72. The number of aryl methyl sites for hydroxylation is 1. The van der Waals surface area contributed by atoms with E-state index in [4.69, 9.17) is 5.73 Å². The summed E-state index contributed by atoms with van der Waals surface area (Å²) in [6, 6.07) is 1.96. The van der Waals surface area contributed by atoms with E-state index in [0.29, 0.717) is 17.9 Å². The van der Waals surface area contributed by atoms with E-state index < -0.39 is 0 Å². The van der Waals surface area contributed by atoms with Crippen molar-refractivity contribution in [3.8, 4) is 0 Å². The summed E-state index contributed by atoms with van der Waals surface area (Å²) in [4.78, 5) is 12.2. The van der Waals surface area contributed by atoms with Crippen molar-refractivity contribution in [3.63, 3.8) is 0 Å². The fourth-order valence-corrected chi connectivity index (χ4v) is 2.51. The number of hydrogen-bond acceptors (Lipinski definition) is 4. The lowest BCUT2D eigenvalue weighted by atomic mass is 10.2. The Bertz CT molecular complexity index is 532. The molecule has 2 aromatic rings. The summed E-state index contributed by atoms with van der Waals surface area (Å²) in [6.07, 6.45) is 1.51. The molecule has 0 saturated carbocycles. The smallest absolute Gasteiger partial charge is 0.272 e. The Morgan fingerprint density at radius 3 is 3.06 bits per heavy atom. The first kappa shape index (κ1) is 12.6. The third-order valence-electron chi connectivity index (χ3n) is 2.77. The van der Waals surface area contributed by atoms with Crippen LogP contribution in [0.1, 0.15) is 35.9 Å². The van der Waals surface area contributed by atoms with Crippen molar-refractivity contribution < 1.29 is 4.79 Å². The van der Waals surface area contributed by atoms with E-state index in [2.05, 4.69) is 10.4 Å². The molecule has 1 amide bonds. The number of anilines is 1. The molecule has 0 aliphatic rings. The first-order chi connectivity index (χ1) is 8.63. The maximum Gasteiger partial charge on any atom is 0.272 e. The number of nitrogens with one attached hydrogen (secondary N) is 1. The van der Waals surface area contributed by atoms with Gasteiger partial charge in [0.2, 0.25) is 0 Å². The van der Waals surface area contributed by atoms with Gasteiger partial charge in [-0.15, -0.1) is 0 Å². The molecule has 0 aliphatic carbocycles. The van der Waals surface area contributed by atoms with Gasteiger partial charge in [0.25, 0.3) is 5.91 Å². The van der Waals surface area contributed by atoms with Crippen LogP contribution in [0.5, 0.6) is 0 Å². The predicted molar refractivity (Wildman–Crippen MR) is 72.5 cm³/mol. The standard InChI is InChI=1S/C12H16N4OS/c1-3-16-11(10(13)6-14-16)12(17)15-8(2)9-4-5-18-7-9/h4-8H,3,13H2,1-2H3,(H,15,17). The number of nitrogen functional groups attached to an aromatic ring is 1. The number of carbonyl (C=O) groups excluding carboxylic acids is 1. The fraction of sp³-hybridized carbons (Fsp3) is 0.333. The average Bonchev–Trinajstić information content (AvgIpc) is 2.97. The Balaban J connectivity index is 2.15. The Labute approximate surface area is 110 Å². The second-order valence-corrected chi connectivity index (χ2v) is 4.80. The highest BCUT2D eigenvalue weighted by Crippen LogP contribution is 2.17. The number of amides is 1. The highest BCUT2D eigenvalue weighted by Gasteiger charge is 2.18. The molecule has 5 nitrogen and oxygen atoms in total. The highest BCUT2D eigenvalue weighted by molar-refractivity contribution is 7.07. The quantitative estimate of drug-likeness (QED) is 0.887. The van der Waals surface area contributed by atoms with Crippen molar-refractivity contribution in [1.82, 2.24) is 15.1 Å². The van der Waals surface area contributed by atoms with Gasteiger partial charge in [-0.25, -0.2) is 0 Å². The van der Waals surface area contributed by atoms with Crippen LogP contribution in [-0.2, 0) is 6.54 Å². The molecule has 3 N–H and O–H groups in total. The number of hydrogen-bond donors (Lipinski definition) is 2. The molecule has 6 heteroatoms. The van der Waals surface area contributed by atoms with Crippen LogP contribution in [0.4, 0.5) is 5.69 Å². The lowest BCUT2D eigenvalue weighted by molar-refractivity contribution is 0.0930. The topological polar surface area (TPSA) is 72.9 Å². The number of nitrogens with two attached hydrogens (primary N) is 1. The van der Waals surface area contributed by atoms with Crippen LogP contribution in [0.15, 0.2) is 23.0 Å². The second-order valence-electron chi connectivity index (χ2n) is 4.02. The summed E-state index contributed by atoms with van der Waals surface area (Å²) in [5.41, 5.74) is 7.70. The zero-order valence-electron chi connectivity index (χ0n) is 10.4. The molecular formula is C12H16N4OS. The Morgan fingerprint density at radius 1 is 1.67 bits per heavy atom. The molecule has 18 heavy (non-hydrogen) atoms. The van der Waals surface area contributed by atoms with Crippen LogP contribution in [0.2, 0.25) is 0 Å². The van der Waals surface area contributed by atoms with E-state index in [1.807, 2.05) is 30.7 Å². The monoisotopic (exact) mass is 264 g/mol. The second kappa shape index (κ2) is 5.22. The van der Waals surface area contributed by atoms with Gasteiger partial charge < -0.3 is 11.1 Å². The van der Waals surface area contributed by atoms with E-state index in [1.165, 1.54) is 6.20 Å². The zero-order chi connectivity index (χ0) is 13.1. The van der Waals surface area contributed by atoms with Crippen LogP contribution >= 0.6 is 11.3 Å². The number of carbonyl (C=O) groups is 1. The van der Waals surface area contributed by atoms with Crippen molar-refractivity contribution in [1.29, 1.82) is 0 Å². The molecule has 2 rings (SSSR count). The van der Waals surface area contributed by atoms with Gasteiger partial charge in [0.1, 0.15) is 5.69 Å².